The first kappa shape index (κ1) is 14.4. The van der Waals surface area contributed by atoms with Crippen LogP contribution in [0.2, 0.25) is 0 Å². The van der Waals surface area contributed by atoms with Gasteiger partial charge in [0.25, 0.3) is 0 Å². The predicted molar refractivity (Wildman–Crippen MR) is 72.8 cm³/mol. The highest BCUT2D eigenvalue weighted by atomic mass is 16.5. The monoisotopic (exact) mass is 251 g/mol. The molecule has 0 saturated heterocycles. The molecule has 4 nitrogen and oxygen atoms in total. The van der Waals surface area contributed by atoms with Crippen LogP contribution in [-0.2, 0) is 6.42 Å². The summed E-state index contributed by atoms with van der Waals surface area (Å²) in [5.41, 5.74) is 7.93. The van der Waals surface area contributed by atoms with Crippen molar-refractivity contribution >= 4 is 6.08 Å². The van der Waals surface area contributed by atoms with Crippen LogP contribution in [0.4, 0.5) is 0 Å². The minimum atomic E-state index is -0.178. The molecule has 0 aliphatic carbocycles. The summed E-state index contributed by atoms with van der Waals surface area (Å²) < 4.78 is 10.7. The van der Waals surface area contributed by atoms with Crippen molar-refractivity contribution in [3.63, 3.8) is 0 Å². The van der Waals surface area contributed by atoms with Crippen molar-refractivity contribution in [2.75, 3.05) is 20.8 Å². The van der Waals surface area contributed by atoms with Gasteiger partial charge in [-0.15, -0.1) is 0 Å². The van der Waals surface area contributed by atoms with Crippen LogP contribution in [0.15, 0.2) is 17.8 Å². The maximum absolute atomic E-state index is 8.96. The quantitative estimate of drug-likeness (QED) is 0.811. The van der Waals surface area contributed by atoms with E-state index in [2.05, 4.69) is 6.92 Å². The van der Waals surface area contributed by atoms with E-state index < -0.39 is 0 Å². The van der Waals surface area contributed by atoms with Gasteiger partial charge >= 0.3 is 0 Å². The summed E-state index contributed by atoms with van der Waals surface area (Å²) in [5.74, 6) is 1.55. The highest BCUT2D eigenvalue weighted by Crippen LogP contribution is 2.30. The molecule has 0 bridgehead atoms. The number of aliphatic hydroxyl groups is 1. The number of aryl methyl sites for hydroxylation is 1. The lowest BCUT2D eigenvalue weighted by Crippen LogP contribution is -2.02. The van der Waals surface area contributed by atoms with Crippen molar-refractivity contribution < 1.29 is 14.6 Å². The normalized spacial score (nSPS) is 11.4. The van der Waals surface area contributed by atoms with Crippen LogP contribution in [0, 0.1) is 0 Å². The molecule has 1 aromatic carbocycles. The van der Waals surface area contributed by atoms with Crippen LogP contribution in [-0.4, -0.2) is 25.9 Å². The van der Waals surface area contributed by atoms with Gasteiger partial charge in [-0.1, -0.05) is 13.3 Å². The Bertz CT molecular complexity index is 427. The van der Waals surface area contributed by atoms with E-state index in [9.17, 15) is 0 Å². The first-order chi connectivity index (χ1) is 8.65. The Balaban J connectivity index is 3.25. The average Bonchev–Trinajstić information content (AvgIpc) is 2.39. The molecule has 0 unspecified atom stereocenters. The second-order valence-electron chi connectivity index (χ2n) is 4.03. The van der Waals surface area contributed by atoms with Gasteiger partial charge in [0.05, 0.1) is 20.8 Å². The molecule has 0 amide bonds. The van der Waals surface area contributed by atoms with Gasteiger partial charge in [0.1, 0.15) is 11.5 Å². The summed E-state index contributed by atoms with van der Waals surface area (Å²) in [6.07, 6.45) is 3.66. The summed E-state index contributed by atoms with van der Waals surface area (Å²) in [6, 6.07) is 3.84. The molecular weight excluding hydrogens is 230 g/mol. The molecule has 18 heavy (non-hydrogen) atoms. The Morgan fingerprint density at radius 1 is 1.28 bits per heavy atom. The van der Waals surface area contributed by atoms with E-state index in [1.807, 2.05) is 12.1 Å². The molecule has 0 aliphatic heterocycles. The number of ether oxygens (including phenoxy) is 2. The zero-order chi connectivity index (χ0) is 13.5. The summed E-state index contributed by atoms with van der Waals surface area (Å²) in [5, 5.41) is 8.96. The Morgan fingerprint density at radius 3 is 2.44 bits per heavy atom. The van der Waals surface area contributed by atoms with Crippen molar-refractivity contribution in [1.82, 2.24) is 0 Å². The second kappa shape index (κ2) is 6.91. The maximum Gasteiger partial charge on any atom is 0.126 e. The van der Waals surface area contributed by atoms with Crippen LogP contribution in [0.5, 0.6) is 11.5 Å². The summed E-state index contributed by atoms with van der Waals surface area (Å²) in [6.45, 7) is 1.94. The van der Waals surface area contributed by atoms with Gasteiger partial charge in [-0.25, -0.2) is 0 Å². The molecule has 0 saturated carbocycles. The summed E-state index contributed by atoms with van der Waals surface area (Å²) >= 11 is 0. The molecule has 1 rings (SSSR count). The Labute approximate surface area is 108 Å². The molecule has 0 aliphatic rings. The number of rotatable bonds is 6. The minimum Gasteiger partial charge on any atom is -0.496 e. The largest absolute Gasteiger partial charge is 0.496 e. The van der Waals surface area contributed by atoms with Crippen LogP contribution >= 0.6 is 0 Å². The van der Waals surface area contributed by atoms with E-state index >= 15 is 0 Å². The van der Waals surface area contributed by atoms with Gasteiger partial charge in [-0.3, -0.25) is 0 Å². The van der Waals surface area contributed by atoms with E-state index in [0.29, 0.717) is 5.70 Å². The summed E-state index contributed by atoms with van der Waals surface area (Å²) in [4.78, 5) is 0. The lowest BCUT2D eigenvalue weighted by molar-refractivity contribution is 0.331. The number of nitrogens with two attached hydrogens (primary N) is 1. The molecule has 3 N–H and O–H groups in total. The zero-order valence-electron chi connectivity index (χ0n) is 11.2. The van der Waals surface area contributed by atoms with E-state index in [0.717, 1.165) is 35.5 Å². The van der Waals surface area contributed by atoms with Gasteiger partial charge in [0.15, 0.2) is 0 Å². The molecule has 4 heteroatoms. The van der Waals surface area contributed by atoms with Crippen molar-refractivity contribution in [2.45, 2.75) is 19.8 Å². The maximum atomic E-state index is 8.96. The van der Waals surface area contributed by atoms with E-state index in [-0.39, 0.29) is 6.61 Å². The van der Waals surface area contributed by atoms with E-state index in [1.165, 1.54) is 0 Å². The Hall–Kier alpha value is -1.68. The standard InChI is InChI=1S/C14H21NO3/c1-4-5-10-7-14(18-3)11(6-12(15)9-16)8-13(10)17-2/h6-8,16H,4-5,9,15H2,1-3H3/b12-6+. The topological polar surface area (TPSA) is 64.7 Å². The minimum absolute atomic E-state index is 0.178. The Kier molecular flexibility index (Phi) is 5.52. The third kappa shape index (κ3) is 3.40. The number of hydrogen-bond donors (Lipinski definition) is 2. The van der Waals surface area contributed by atoms with E-state index in [1.54, 1.807) is 20.3 Å². The molecule has 100 valence electrons. The molecule has 0 aromatic heterocycles. The van der Waals surface area contributed by atoms with Crippen LogP contribution in [0.25, 0.3) is 6.08 Å². The second-order valence-corrected chi connectivity index (χ2v) is 4.03. The lowest BCUT2D eigenvalue weighted by atomic mass is 10.0. The molecule has 0 atom stereocenters. The number of methoxy groups -OCH3 is 2. The molecular formula is C14H21NO3. The molecule has 1 aromatic rings. The van der Waals surface area contributed by atoms with Crippen molar-refractivity contribution in [1.29, 1.82) is 0 Å². The van der Waals surface area contributed by atoms with Crippen LogP contribution < -0.4 is 15.2 Å². The molecule has 0 fully saturated rings. The fourth-order valence-electron chi connectivity index (χ4n) is 1.81. The molecule has 0 radical (unpaired) electrons. The van der Waals surface area contributed by atoms with Crippen LogP contribution in [0.3, 0.4) is 0 Å². The van der Waals surface area contributed by atoms with Crippen LogP contribution in [0.1, 0.15) is 24.5 Å². The average molecular weight is 251 g/mol. The highest BCUT2D eigenvalue weighted by molar-refractivity contribution is 5.63. The SMILES string of the molecule is CCCc1cc(OC)c(/C=C(/N)CO)cc1OC. The number of hydrogen-bond acceptors (Lipinski definition) is 4. The first-order valence-corrected chi connectivity index (χ1v) is 5.98. The summed E-state index contributed by atoms with van der Waals surface area (Å²) in [7, 11) is 3.26. The van der Waals surface area contributed by atoms with Gasteiger partial charge in [-0.2, -0.15) is 0 Å². The number of aliphatic hydroxyl groups excluding tert-OH is 1. The van der Waals surface area contributed by atoms with E-state index in [4.69, 9.17) is 20.3 Å². The first-order valence-electron chi connectivity index (χ1n) is 5.98. The highest BCUT2D eigenvalue weighted by Gasteiger charge is 2.09. The third-order valence-electron chi connectivity index (χ3n) is 2.68. The van der Waals surface area contributed by atoms with Crippen molar-refractivity contribution in [3.05, 3.63) is 29.0 Å². The number of benzene rings is 1. The smallest absolute Gasteiger partial charge is 0.126 e. The molecule has 0 spiro atoms. The van der Waals surface area contributed by atoms with Gasteiger partial charge in [0, 0.05) is 11.3 Å². The fourth-order valence-corrected chi connectivity index (χ4v) is 1.81. The van der Waals surface area contributed by atoms with Gasteiger partial charge in [-0.05, 0) is 30.2 Å². The zero-order valence-corrected chi connectivity index (χ0v) is 11.2. The fraction of sp³-hybridized carbons (Fsp3) is 0.429. The predicted octanol–water partition coefficient (Wildman–Crippen LogP) is 1.95. The lowest BCUT2D eigenvalue weighted by Gasteiger charge is -2.13. The van der Waals surface area contributed by atoms with Crippen molar-refractivity contribution in [2.24, 2.45) is 5.73 Å². The van der Waals surface area contributed by atoms with Crippen molar-refractivity contribution in [3.8, 4) is 11.5 Å². The molecule has 0 heterocycles. The third-order valence-corrected chi connectivity index (χ3v) is 2.68. The van der Waals surface area contributed by atoms with Gasteiger partial charge < -0.3 is 20.3 Å². The Morgan fingerprint density at radius 2 is 1.94 bits per heavy atom. The van der Waals surface area contributed by atoms with Gasteiger partial charge in [0.2, 0.25) is 0 Å².